The van der Waals surface area contributed by atoms with Crippen molar-refractivity contribution in [3.05, 3.63) is 52.2 Å². The molecule has 194 valence electrons. The molecular weight excluding hydrogens is 480 g/mol. The van der Waals surface area contributed by atoms with E-state index in [0.717, 1.165) is 49.3 Å². The van der Waals surface area contributed by atoms with E-state index in [4.69, 9.17) is 0 Å². The van der Waals surface area contributed by atoms with E-state index in [-0.39, 0.29) is 23.3 Å². The predicted octanol–water partition coefficient (Wildman–Crippen LogP) is 2.58. The van der Waals surface area contributed by atoms with Crippen LogP contribution in [0.4, 0.5) is 5.82 Å². The molecule has 3 N–H and O–H groups in total. The maximum atomic E-state index is 13.0. The van der Waals surface area contributed by atoms with Crippen LogP contribution in [0.1, 0.15) is 47.2 Å². The SMILES string of the molecule is Cc1cc(C)c(S(=O)(=O)N[C@@H](CN2C[C@H](CCCc3ccc4c(n3)NCCC4)C2=O)C(=O)O)c(C)c1. The molecule has 1 aromatic heterocycles. The number of carbonyl (C=O) groups excluding carboxylic acids is 1. The van der Waals surface area contributed by atoms with E-state index >= 15 is 0 Å². The van der Waals surface area contributed by atoms with Gasteiger partial charge in [0, 0.05) is 25.3 Å². The molecule has 36 heavy (non-hydrogen) atoms. The molecular formula is C26H34N4O5S. The number of pyridine rings is 1. The van der Waals surface area contributed by atoms with Gasteiger partial charge in [-0.3, -0.25) is 9.59 Å². The lowest BCUT2D eigenvalue weighted by molar-refractivity contribution is -0.150. The van der Waals surface area contributed by atoms with Crippen molar-refractivity contribution in [3.63, 3.8) is 0 Å². The highest BCUT2D eigenvalue weighted by atomic mass is 32.2. The average Bonchev–Trinajstić information content (AvgIpc) is 2.80. The third-order valence-electron chi connectivity index (χ3n) is 6.91. The molecule has 1 amide bonds. The Kier molecular flexibility index (Phi) is 7.65. The number of fused-ring (bicyclic) bond motifs is 1. The normalized spacial score (nSPS) is 18.2. The summed E-state index contributed by atoms with van der Waals surface area (Å²) in [7, 11) is -4.08. The van der Waals surface area contributed by atoms with Gasteiger partial charge in [-0.2, -0.15) is 4.72 Å². The molecule has 0 aliphatic carbocycles. The number of carbonyl (C=O) groups is 2. The minimum absolute atomic E-state index is 0.0816. The molecule has 2 aliphatic heterocycles. The number of aliphatic carboxylic acids is 1. The predicted molar refractivity (Wildman–Crippen MR) is 136 cm³/mol. The maximum Gasteiger partial charge on any atom is 0.323 e. The summed E-state index contributed by atoms with van der Waals surface area (Å²) < 4.78 is 28.3. The van der Waals surface area contributed by atoms with Crippen LogP contribution in [0.5, 0.6) is 0 Å². The smallest absolute Gasteiger partial charge is 0.323 e. The van der Waals surface area contributed by atoms with Gasteiger partial charge in [0.2, 0.25) is 15.9 Å². The number of benzene rings is 1. The van der Waals surface area contributed by atoms with E-state index in [1.54, 1.807) is 26.0 Å². The van der Waals surface area contributed by atoms with Crippen molar-refractivity contribution in [3.8, 4) is 0 Å². The fourth-order valence-electron chi connectivity index (χ4n) is 5.22. The summed E-state index contributed by atoms with van der Waals surface area (Å²) in [6, 6.07) is 6.23. The van der Waals surface area contributed by atoms with E-state index in [1.807, 2.05) is 13.0 Å². The Morgan fingerprint density at radius 3 is 2.64 bits per heavy atom. The Hall–Kier alpha value is -2.98. The molecule has 0 spiro atoms. The summed E-state index contributed by atoms with van der Waals surface area (Å²) >= 11 is 0. The lowest BCUT2D eigenvalue weighted by Gasteiger charge is -2.40. The van der Waals surface area contributed by atoms with Crippen molar-refractivity contribution in [2.24, 2.45) is 5.92 Å². The summed E-state index contributed by atoms with van der Waals surface area (Å²) in [5.74, 6) is -0.663. The van der Waals surface area contributed by atoms with E-state index in [9.17, 15) is 23.1 Å². The first-order valence-electron chi connectivity index (χ1n) is 12.4. The Labute approximate surface area is 212 Å². The standard InChI is InChI=1S/C26H34N4O5S/c1-16-12-17(2)23(18(3)13-16)36(34,35)29-22(26(32)33)15-30-14-20(25(30)31)6-4-8-21-10-9-19-7-5-11-27-24(19)28-21/h9-10,12-13,20,22,29H,4-8,11,14-15H2,1-3H3,(H,27,28)(H,32,33)/t20-,22-/m0/s1. The highest BCUT2D eigenvalue weighted by molar-refractivity contribution is 7.89. The largest absolute Gasteiger partial charge is 0.480 e. The van der Waals surface area contributed by atoms with Gasteiger partial charge in [0.1, 0.15) is 11.9 Å². The first-order chi connectivity index (χ1) is 17.0. The second-order valence-electron chi connectivity index (χ2n) is 9.91. The molecule has 2 aliphatic rings. The monoisotopic (exact) mass is 514 g/mol. The second kappa shape index (κ2) is 10.6. The van der Waals surface area contributed by atoms with Crippen LogP contribution in [-0.2, 0) is 32.5 Å². The number of hydrogen-bond acceptors (Lipinski definition) is 6. The molecule has 10 heteroatoms. The summed E-state index contributed by atoms with van der Waals surface area (Å²) in [5.41, 5.74) is 4.26. The summed E-state index contributed by atoms with van der Waals surface area (Å²) in [6.45, 7) is 6.40. The van der Waals surface area contributed by atoms with E-state index < -0.39 is 22.0 Å². The Balaban J connectivity index is 1.30. The van der Waals surface area contributed by atoms with Gasteiger partial charge in [-0.25, -0.2) is 13.4 Å². The molecule has 0 unspecified atom stereocenters. The Bertz CT molecular complexity index is 1250. The van der Waals surface area contributed by atoms with Crippen molar-refractivity contribution in [2.45, 2.75) is 63.8 Å². The number of nitrogens with one attached hydrogen (secondary N) is 2. The number of nitrogens with zero attached hydrogens (tertiary/aromatic N) is 2. The van der Waals surface area contributed by atoms with Gasteiger partial charge in [0.25, 0.3) is 0 Å². The van der Waals surface area contributed by atoms with E-state index in [0.29, 0.717) is 24.1 Å². The Morgan fingerprint density at radius 2 is 1.97 bits per heavy atom. The molecule has 1 aromatic carbocycles. The first-order valence-corrected chi connectivity index (χ1v) is 13.9. The summed E-state index contributed by atoms with van der Waals surface area (Å²) in [6.07, 6.45) is 4.42. The number of carboxylic acids is 1. The highest BCUT2D eigenvalue weighted by Gasteiger charge is 2.39. The van der Waals surface area contributed by atoms with Crippen LogP contribution in [0.2, 0.25) is 0 Å². The van der Waals surface area contributed by atoms with Gasteiger partial charge in [0.05, 0.1) is 10.8 Å². The zero-order chi connectivity index (χ0) is 26.0. The topological polar surface area (TPSA) is 129 Å². The molecule has 0 saturated carbocycles. The lowest BCUT2D eigenvalue weighted by Crippen LogP contribution is -2.58. The summed E-state index contributed by atoms with van der Waals surface area (Å²) in [5, 5.41) is 13.0. The number of sulfonamides is 1. The van der Waals surface area contributed by atoms with Crippen LogP contribution in [0, 0.1) is 26.7 Å². The number of β-lactam (4-membered cyclic amide) rings is 1. The molecule has 9 nitrogen and oxygen atoms in total. The zero-order valence-electron chi connectivity index (χ0n) is 21.0. The molecule has 1 saturated heterocycles. The minimum Gasteiger partial charge on any atom is -0.480 e. The quantitative estimate of drug-likeness (QED) is 0.416. The number of anilines is 1. The zero-order valence-corrected chi connectivity index (χ0v) is 21.8. The minimum atomic E-state index is -4.08. The van der Waals surface area contributed by atoms with Crippen LogP contribution >= 0.6 is 0 Å². The van der Waals surface area contributed by atoms with Crippen molar-refractivity contribution >= 4 is 27.7 Å². The number of aromatic nitrogens is 1. The van der Waals surface area contributed by atoms with Crippen molar-refractivity contribution < 1.29 is 23.1 Å². The summed E-state index contributed by atoms with van der Waals surface area (Å²) in [4.78, 5) is 30.7. The van der Waals surface area contributed by atoms with E-state index in [1.165, 1.54) is 10.5 Å². The third kappa shape index (κ3) is 5.70. The van der Waals surface area contributed by atoms with Crippen LogP contribution < -0.4 is 10.0 Å². The molecule has 1 fully saturated rings. The second-order valence-corrected chi connectivity index (χ2v) is 11.6. The van der Waals surface area contributed by atoms with Crippen molar-refractivity contribution in [1.29, 1.82) is 0 Å². The fourth-order valence-corrected chi connectivity index (χ4v) is 6.85. The maximum absolute atomic E-state index is 13.0. The third-order valence-corrected chi connectivity index (χ3v) is 8.69. The highest BCUT2D eigenvalue weighted by Crippen LogP contribution is 2.26. The van der Waals surface area contributed by atoms with Gasteiger partial charge < -0.3 is 15.3 Å². The number of amides is 1. The average molecular weight is 515 g/mol. The van der Waals surface area contributed by atoms with Crippen LogP contribution in [0.25, 0.3) is 0 Å². The van der Waals surface area contributed by atoms with Crippen molar-refractivity contribution in [2.75, 3.05) is 25.0 Å². The number of hydrogen-bond donors (Lipinski definition) is 3. The molecule has 4 rings (SSSR count). The molecule has 0 radical (unpaired) electrons. The molecule has 2 atom stereocenters. The van der Waals surface area contributed by atoms with Crippen LogP contribution in [-0.4, -0.2) is 61.0 Å². The van der Waals surface area contributed by atoms with Gasteiger partial charge in [-0.1, -0.05) is 23.8 Å². The van der Waals surface area contributed by atoms with Crippen LogP contribution in [0.3, 0.4) is 0 Å². The van der Waals surface area contributed by atoms with Gasteiger partial charge in [0.15, 0.2) is 0 Å². The number of carboxylic acid groups (broad SMARTS) is 1. The molecule has 0 bridgehead atoms. The van der Waals surface area contributed by atoms with E-state index in [2.05, 4.69) is 21.1 Å². The number of rotatable bonds is 10. The van der Waals surface area contributed by atoms with Gasteiger partial charge >= 0.3 is 5.97 Å². The van der Waals surface area contributed by atoms with Gasteiger partial charge in [-0.05, 0) is 75.6 Å². The number of likely N-dealkylation sites (tertiary alicyclic amines) is 1. The Morgan fingerprint density at radius 1 is 1.25 bits per heavy atom. The lowest BCUT2D eigenvalue weighted by atomic mass is 9.91. The fraction of sp³-hybridized carbons (Fsp3) is 0.500. The van der Waals surface area contributed by atoms with Crippen LogP contribution in [0.15, 0.2) is 29.2 Å². The molecule has 3 heterocycles. The van der Waals surface area contributed by atoms with Gasteiger partial charge in [-0.15, -0.1) is 0 Å². The molecule has 2 aromatic rings. The number of aryl methyl sites for hydroxylation is 5. The first kappa shape index (κ1) is 26.1. The van der Waals surface area contributed by atoms with Crippen molar-refractivity contribution in [1.82, 2.24) is 14.6 Å².